The number of hydrogen-bond donors (Lipinski definition) is 0. The van der Waals surface area contributed by atoms with E-state index in [1.807, 2.05) is 66.7 Å². The van der Waals surface area contributed by atoms with Crippen molar-refractivity contribution in [2.45, 2.75) is 32.5 Å². The molecule has 0 radical (unpaired) electrons. The smallest absolute Gasteiger partial charge is 0.488 e. The van der Waals surface area contributed by atoms with Crippen LogP contribution in [0.4, 0.5) is 13.2 Å². The summed E-state index contributed by atoms with van der Waals surface area (Å²) in [5, 5.41) is 12.3. The summed E-state index contributed by atoms with van der Waals surface area (Å²) in [6, 6.07) is 28.6. The van der Waals surface area contributed by atoms with Gasteiger partial charge in [0, 0.05) is 31.9 Å². The zero-order valence-electron chi connectivity index (χ0n) is 23.3. The maximum atomic E-state index is 12.8. The van der Waals surface area contributed by atoms with Crippen LogP contribution >= 0.6 is 0 Å². The van der Waals surface area contributed by atoms with E-state index in [1.165, 1.54) is 12.1 Å². The summed E-state index contributed by atoms with van der Waals surface area (Å²) in [5.41, 5.74) is 3.72. The van der Waals surface area contributed by atoms with Crippen molar-refractivity contribution < 1.29 is 32.1 Å². The van der Waals surface area contributed by atoms with E-state index < -0.39 is 6.36 Å². The molecule has 5 aromatic rings. The lowest BCUT2D eigenvalue weighted by molar-refractivity contribution is -0.274. The Morgan fingerprint density at radius 1 is 0.744 bits per heavy atom. The highest BCUT2D eigenvalue weighted by Gasteiger charge is 2.31. The molecular formula is C32H29F3N4O4. The van der Waals surface area contributed by atoms with Gasteiger partial charge in [0.15, 0.2) is 5.82 Å². The maximum absolute atomic E-state index is 12.8. The monoisotopic (exact) mass is 590 g/mol. The Bertz CT molecular complexity index is 1600. The molecule has 0 saturated carbocycles. The van der Waals surface area contributed by atoms with E-state index in [-0.39, 0.29) is 19.0 Å². The molecule has 0 spiro atoms. The summed E-state index contributed by atoms with van der Waals surface area (Å²) in [4.78, 5) is 0. The fourth-order valence-corrected chi connectivity index (χ4v) is 4.41. The van der Waals surface area contributed by atoms with Gasteiger partial charge in [0.2, 0.25) is 0 Å². The fourth-order valence-electron chi connectivity index (χ4n) is 4.41. The molecule has 11 heteroatoms. The van der Waals surface area contributed by atoms with Gasteiger partial charge in [0.05, 0.1) is 5.56 Å². The lowest BCUT2D eigenvalue weighted by Gasteiger charge is -2.18. The number of benzene rings is 4. The summed E-state index contributed by atoms with van der Waals surface area (Å²) in [7, 11) is 1.63. The molecule has 0 aliphatic rings. The number of ether oxygens (including phenoxy) is 4. The highest BCUT2D eigenvalue weighted by Crippen LogP contribution is 2.41. The van der Waals surface area contributed by atoms with E-state index in [0.717, 1.165) is 11.1 Å². The molecule has 0 aliphatic carbocycles. The number of tetrazole rings is 1. The summed E-state index contributed by atoms with van der Waals surface area (Å²) >= 11 is 0. The topological polar surface area (TPSA) is 80.5 Å². The van der Waals surface area contributed by atoms with E-state index in [0.29, 0.717) is 53.6 Å². The van der Waals surface area contributed by atoms with Gasteiger partial charge in [-0.25, -0.2) is 4.68 Å². The first-order chi connectivity index (χ1) is 20.9. The van der Waals surface area contributed by atoms with E-state index in [2.05, 4.69) is 20.3 Å². The molecular weight excluding hydrogens is 561 g/mol. The first-order valence-electron chi connectivity index (χ1n) is 13.5. The quantitative estimate of drug-likeness (QED) is 0.135. The average Bonchev–Trinajstić information content (AvgIpc) is 3.48. The minimum absolute atomic E-state index is 0.259. The van der Waals surface area contributed by atoms with Crippen LogP contribution in [0, 0.1) is 0 Å². The van der Waals surface area contributed by atoms with E-state index in [1.54, 1.807) is 30.0 Å². The van der Waals surface area contributed by atoms with Crippen LogP contribution in [0.2, 0.25) is 0 Å². The van der Waals surface area contributed by atoms with Gasteiger partial charge in [-0.05, 0) is 51.7 Å². The van der Waals surface area contributed by atoms with Crippen LogP contribution in [0.5, 0.6) is 17.2 Å². The van der Waals surface area contributed by atoms with Gasteiger partial charge in [0.25, 0.3) is 0 Å². The van der Waals surface area contributed by atoms with Crippen LogP contribution < -0.4 is 14.2 Å². The Morgan fingerprint density at radius 3 is 1.93 bits per heavy atom. The molecule has 43 heavy (non-hydrogen) atoms. The SMILES string of the molecule is COCCCn1nnnc1-c1cc(-c2ccc(OC(F)(F)F)cc2)c(OCc2ccccc2)cc1OCc1ccccc1. The number of aromatic nitrogens is 4. The standard InChI is InChI=1S/C32H29F3N4O4/c1-40-18-8-17-39-31(36-37-38-39)28-19-27(25-13-15-26(16-14-25)43-32(33,34)35)29(41-21-23-9-4-2-5-10-23)20-30(28)42-22-24-11-6-3-7-12-24/h2-7,9-16,19-20H,8,17-18,21-22H2,1H3. The summed E-state index contributed by atoms with van der Waals surface area (Å²) in [6.45, 7) is 1.56. The molecule has 1 aromatic heterocycles. The number of halogens is 3. The third-order valence-electron chi connectivity index (χ3n) is 6.45. The molecule has 0 unspecified atom stereocenters. The lowest BCUT2D eigenvalue weighted by atomic mass is 10.00. The molecule has 0 bridgehead atoms. The second-order valence-corrected chi connectivity index (χ2v) is 9.54. The van der Waals surface area contributed by atoms with Crippen molar-refractivity contribution in [1.29, 1.82) is 0 Å². The van der Waals surface area contributed by atoms with Gasteiger partial charge in [-0.2, -0.15) is 0 Å². The minimum Gasteiger partial charge on any atom is -0.488 e. The number of methoxy groups -OCH3 is 1. The second kappa shape index (κ2) is 13.8. The molecule has 1 heterocycles. The molecule has 0 fully saturated rings. The van der Waals surface area contributed by atoms with E-state index >= 15 is 0 Å². The van der Waals surface area contributed by atoms with Crippen LogP contribution in [0.15, 0.2) is 97.1 Å². The zero-order chi connectivity index (χ0) is 30.1. The summed E-state index contributed by atoms with van der Waals surface area (Å²) in [6.07, 6.45) is -4.11. The number of aryl methyl sites for hydroxylation is 1. The van der Waals surface area contributed by atoms with Gasteiger partial charge < -0.3 is 18.9 Å². The Kier molecular flexibility index (Phi) is 9.52. The van der Waals surface area contributed by atoms with Crippen molar-refractivity contribution in [2.24, 2.45) is 0 Å². The molecule has 5 rings (SSSR count). The molecule has 0 atom stereocenters. The average molecular weight is 591 g/mol. The highest BCUT2D eigenvalue weighted by molar-refractivity contribution is 5.80. The van der Waals surface area contributed by atoms with Crippen molar-refractivity contribution in [2.75, 3.05) is 13.7 Å². The number of hydrogen-bond acceptors (Lipinski definition) is 7. The lowest BCUT2D eigenvalue weighted by Crippen LogP contribution is -2.16. The van der Waals surface area contributed by atoms with E-state index in [4.69, 9.17) is 14.2 Å². The molecule has 0 aliphatic heterocycles. The predicted octanol–water partition coefficient (Wildman–Crippen LogP) is 7.10. The van der Waals surface area contributed by atoms with Gasteiger partial charge in [-0.3, -0.25) is 0 Å². The maximum Gasteiger partial charge on any atom is 0.573 e. The summed E-state index contributed by atoms with van der Waals surface area (Å²) < 4.78 is 62.0. The first kappa shape index (κ1) is 29.6. The van der Waals surface area contributed by atoms with E-state index in [9.17, 15) is 13.2 Å². The highest BCUT2D eigenvalue weighted by atomic mass is 19.4. The molecule has 8 nitrogen and oxygen atoms in total. The largest absolute Gasteiger partial charge is 0.573 e. The third kappa shape index (κ3) is 8.10. The Balaban J connectivity index is 1.58. The second-order valence-electron chi connectivity index (χ2n) is 9.54. The Hall–Kier alpha value is -4.90. The first-order valence-corrected chi connectivity index (χ1v) is 13.5. The van der Waals surface area contributed by atoms with Crippen molar-refractivity contribution in [3.63, 3.8) is 0 Å². The predicted molar refractivity (Wildman–Crippen MR) is 153 cm³/mol. The molecule has 222 valence electrons. The van der Waals surface area contributed by atoms with Crippen molar-refractivity contribution >= 4 is 0 Å². The third-order valence-corrected chi connectivity index (χ3v) is 6.45. The van der Waals surface area contributed by atoms with Gasteiger partial charge in [0.1, 0.15) is 30.5 Å². The minimum atomic E-state index is -4.80. The molecule has 0 saturated heterocycles. The fraction of sp³-hybridized carbons (Fsp3) is 0.219. The molecule has 0 N–H and O–H groups in total. The van der Waals surface area contributed by atoms with Crippen molar-refractivity contribution in [3.05, 3.63) is 108 Å². The van der Waals surface area contributed by atoms with Crippen molar-refractivity contribution in [3.8, 4) is 39.8 Å². The van der Waals surface area contributed by atoms with Crippen LogP contribution in [0.3, 0.4) is 0 Å². The van der Waals surface area contributed by atoms with Crippen LogP contribution in [-0.4, -0.2) is 40.3 Å². The zero-order valence-corrected chi connectivity index (χ0v) is 23.3. The Labute approximate surface area is 246 Å². The van der Waals surface area contributed by atoms with Crippen LogP contribution in [0.25, 0.3) is 22.5 Å². The van der Waals surface area contributed by atoms with Gasteiger partial charge in [-0.1, -0.05) is 72.8 Å². The normalized spacial score (nSPS) is 11.3. The molecule has 0 amide bonds. The number of alkyl halides is 3. The Morgan fingerprint density at radius 2 is 1.35 bits per heavy atom. The number of rotatable bonds is 13. The van der Waals surface area contributed by atoms with Crippen molar-refractivity contribution in [1.82, 2.24) is 20.2 Å². The van der Waals surface area contributed by atoms with Crippen LogP contribution in [-0.2, 0) is 24.5 Å². The number of nitrogens with zero attached hydrogens (tertiary/aromatic N) is 4. The molecule has 4 aromatic carbocycles. The summed E-state index contributed by atoms with van der Waals surface area (Å²) in [5.74, 6) is 1.09. The van der Waals surface area contributed by atoms with Crippen LogP contribution in [0.1, 0.15) is 17.5 Å². The van der Waals surface area contributed by atoms with Gasteiger partial charge in [-0.15, -0.1) is 18.3 Å². The van der Waals surface area contributed by atoms with Gasteiger partial charge >= 0.3 is 6.36 Å².